The molecule has 0 spiro atoms. The van der Waals surface area contributed by atoms with Gasteiger partial charge in [0.1, 0.15) is 18.1 Å². The maximum Gasteiger partial charge on any atom is 0.326 e. The number of aliphatic hydroxyl groups is 1. The fourth-order valence-corrected chi connectivity index (χ4v) is 3.21. The maximum atomic E-state index is 12.8. The summed E-state index contributed by atoms with van der Waals surface area (Å²) in [6.07, 6.45) is 0.352. The Hall–Kier alpha value is -2.73. The van der Waals surface area contributed by atoms with Gasteiger partial charge in [-0.1, -0.05) is 13.8 Å². The van der Waals surface area contributed by atoms with Gasteiger partial charge in [-0.25, -0.2) is 4.79 Å². The monoisotopic (exact) mass is 430 g/mol. The molecule has 3 amide bonds. The lowest BCUT2D eigenvalue weighted by Crippen LogP contribution is -2.58. The Labute approximate surface area is 173 Å². The fraction of sp³-hybridized carbons (Fsp3) is 0.722. The van der Waals surface area contributed by atoms with Crippen LogP contribution in [0.3, 0.4) is 0 Å². The highest BCUT2D eigenvalue weighted by Gasteiger charge is 2.39. The van der Waals surface area contributed by atoms with Crippen molar-refractivity contribution in [2.24, 2.45) is 11.7 Å². The minimum Gasteiger partial charge on any atom is -0.481 e. The number of rotatable bonds is 11. The minimum atomic E-state index is -1.41. The van der Waals surface area contributed by atoms with Crippen molar-refractivity contribution in [2.45, 2.75) is 63.7 Å². The van der Waals surface area contributed by atoms with Crippen LogP contribution in [0.15, 0.2) is 0 Å². The van der Waals surface area contributed by atoms with E-state index < -0.39 is 66.9 Å². The number of carboxylic acids is 2. The molecule has 1 aliphatic heterocycles. The first-order chi connectivity index (χ1) is 14.0. The largest absolute Gasteiger partial charge is 0.481 e. The third-order valence-corrected chi connectivity index (χ3v) is 4.69. The molecule has 0 radical (unpaired) electrons. The van der Waals surface area contributed by atoms with Crippen LogP contribution in [0, 0.1) is 5.92 Å². The number of nitrogens with two attached hydrogens (primary N) is 1. The number of aliphatic hydroxyl groups excluding tert-OH is 1. The zero-order valence-corrected chi connectivity index (χ0v) is 17.0. The molecule has 1 aliphatic rings. The predicted octanol–water partition coefficient (Wildman–Crippen LogP) is -2.13. The quantitative estimate of drug-likeness (QED) is 0.212. The van der Waals surface area contributed by atoms with Gasteiger partial charge in [-0.2, -0.15) is 0 Å². The third-order valence-electron chi connectivity index (χ3n) is 4.69. The molecule has 12 nitrogen and oxygen atoms in total. The molecule has 0 aliphatic carbocycles. The summed E-state index contributed by atoms with van der Waals surface area (Å²) >= 11 is 0. The SMILES string of the molecule is CC(C)CC(NC(=O)C1CCCN1C(=O)C(CO)NC(=O)C(N)CC(=O)O)C(=O)O. The summed E-state index contributed by atoms with van der Waals surface area (Å²) < 4.78 is 0. The van der Waals surface area contributed by atoms with Crippen LogP contribution in [-0.2, 0) is 24.0 Å². The maximum absolute atomic E-state index is 12.8. The lowest BCUT2D eigenvalue weighted by Gasteiger charge is -2.29. The third kappa shape index (κ3) is 7.26. The van der Waals surface area contributed by atoms with Crippen LogP contribution < -0.4 is 16.4 Å². The Kier molecular flexibility index (Phi) is 9.66. The number of nitrogens with zero attached hydrogens (tertiary/aromatic N) is 1. The van der Waals surface area contributed by atoms with Crippen molar-refractivity contribution in [3.8, 4) is 0 Å². The molecule has 7 N–H and O–H groups in total. The standard InChI is InChI=1S/C18H30N4O8/c1-9(2)6-11(18(29)30)20-16(27)13-4-3-5-22(13)17(28)12(8-23)21-15(26)10(19)7-14(24)25/h9-13,23H,3-8,19H2,1-2H3,(H,20,27)(H,21,26)(H,24,25)(H,29,30). The summed E-state index contributed by atoms with van der Waals surface area (Å²) in [7, 11) is 0. The number of carbonyl (C=O) groups is 5. The number of carbonyl (C=O) groups excluding carboxylic acids is 3. The molecule has 4 atom stereocenters. The van der Waals surface area contributed by atoms with Crippen LogP contribution in [0.4, 0.5) is 0 Å². The Balaban J connectivity index is 2.83. The van der Waals surface area contributed by atoms with E-state index in [9.17, 15) is 34.2 Å². The van der Waals surface area contributed by atoms with E-state index in [4.69, 9.17) is 10.8 Å². The predicted molar refractivity (Wildman–Crippen MR) is 103 cm³/mol. The molecule has 1 saturated heterocycles. The van der Waals surface area contributed by atoms with Gasteiger partial charge in [-0.15, -0.1) is 0 Å². The molecule has 0 aromatic rings. The minimum absolute atomic E-state index is 0.0247. The van der Waals surface area contributed by atoms with Gasteiger partial charge < -0.3 is 36.6 Å². The number of nitrogens with one attached hydrogen (secondary N) is 2. The molecular weight excluding hydrogens is 400 g/mol. The van der Waals surface area contributed by atoms with Gasteiger partial charge >= 0.3 is 11.9 Å². The first-order valence-corrected chi connectivity index (χ1v) is 9.70. The lowest BCUT2D eigenvalue weighted by molar-refractivity contribution is -0.145. The van der Waals surface area contributed by atoms with Crippen molar-refractivity contribution in [3.63, 3.8) is 0 Å². The van der Waals surface area contributed by atoms with Crippen molar-refractivity contribution >= 4 is 29.7 Å². The average molecular weight is 430 g/mol. The zero-order chi connectivity index (χ0) is 23.0. The van der Waals surface area contributed by atoms with Gasteiger partial charge in [0, 0.05) is 6.54 Å². The Bertz CT molecular complexity index is 669. The summed E-state index contributed by atoms with van der Waals surface area (Å²) in [6, 6.07) is -4.85. The Morgan fingerprint density at radius 3 is 2.23 bits per heavy atom. The molecule has 0 aromatic heterocycles. The summed E-state index contributed by atoms with van der Waals surface area (Å²) in [5.41, 5.74) is 5.45. The summed E-state index contributed by atoms with van der Waals surface area (Å²) in [5.74, 6) is -4.73. The van der Waals surface area contributed by atoms with Crippen LogP contribution in [0.1, 0.15) is 39.5 Å². The Morgan fingerprint density at radius 1 is 1.10 bits per heavy atom. The van der Waals surface area contributed by atoms with Gasteiger partial charge in [0.25, 0.3) is 0 Å². The lowest BCUT2D eigenvalue weighted by atomic mass is 10.0. The number of likely N-dealkylation sites (tertiary alicyclic amines) is 1. The van der Waals surface area contributed by atoms with Crippen molar-refractivity contribution in [1.29, 1.82) is 0 Å². The molecule has 12 heteroatoms. The second-order valence-corrected chi connectivity index (χ2v) is 7.67. The van der Waals surface area contributed by atoms with Crippen LogP contribution in [0.5, 0.6) is 0 Å². The molecule has 0 bridgehead atoms. The van der Waals surface area contributed by atoms with E-state index in [1.807, 2.05) is 13.8 Å². The van der Waals surface area contributed by atoms with E-state index in [1.165, 1.54) is 4.90 Å². The van der Waals surface area contributed by atoms with Crippen molar-refractivity contribution in [2.75, 3.05) is 13.2 Å². The second-order valence-electron chi connectivity index (χ2n) is 7.67. The second kappa shape index (κ2) is 11.5. The van der Waals surface area contributed by atoms with Crippen molar-refractivity contribution in [1.82, 2.24) is 15.5 Å². The highest BCUT2D eigenvalue weighted by Crippen LogP contribution is 2.19. The van der Waals surface area contributed by atoms with E-state index in [-0.39, 0.29) is 18.9 Å². The van der Waals surface area contributed by atoms with Gasteiger partial charge in [0.05, 0.1) is 19.1 Å². The zero-order valence-electron chi connectivity index (χ0n) is 17.0. The topological polar surface area (TPSA) is 199 Å². The molecule has 170 valence electrons. The molecule has 1 rings (SSSR count). The molecule has 30 heavy (non-hydrogen) atoms. The van der Waals surface area contributed by atoms with Crippen molar-refractivity contribution in [3.05, 3.63) is 0 Å². The van der Waals surface area contributed by atoms with E-state index >= 15 is 0 Å². The van der Waals surface area contributed by atoms with E-state index in [0.717, 1.165) is 0 Å². The molecule has 1 fully saturated rings. The highest BCUT2D eigenvalue weighted by atomic mass is 16.4. The molecule has 1 heterocycles. The van der Waals surface area contributed by atoms with Crippen LogP contribution in [0.2, 0.25) is 0 Å². The van der Waals surface area contributed by atoms with E-state index in [0.29, 0.717) is 12.8 Å². The van der Waals surface area contributed by atoms with Gasteiger partial charge in [-0.3, -0.25) is 19.2 Å². The van der Waals surface area contributed by atoms with Crippen molar-refractivity contribution < 1.29 is 39.3 Å². The number of aliphatic carboxylic acids is 2. The Morgan fingerprint density at radius 2 is 1.73 bits per heavy atom. The van der Waals surface area contributed by atoms with Crippen LogP contribution in [0.25, 0.3) is 0 Å². The normalized spacial score (nSPS) is 19.1. The number of amides is 3. The molecule has 0 aromatic carbocycles. The molecule has 4 unspecified atom stereocenters. The highest BCUT2D eigenvalue weighted by molar-refractivity contribution is 5.95. The average Bonchev–Trinajstić information content (AvgIpc) is 3.13. The number of carboxylic acid groups (broad SMARTS) is 2. The van der Waals surface area contributed by atoms with Gasteiger partial charge in [0.15, 0.2) is 0 Å². The van der Waals surface area contributed by atoms with E-state index in [2.05, 4.69) is 10.6 Å². The van der Waals surface area contributed by atoms with Gasteiger partial charge in [0.2, 0.25) is 17.7 Å². The summed E-state index contributed by atoms with van der Waals surface area (Å²) in [6.45, 7) is 3.04. The first kappa shape index (κ1) is 25.3. The van der Waals surface area contributed by atoms with Gasteiger partial charge in [-0.05, 0) is 25.2 Å². The summed E-state index contributed by atoms with van der Waals surface area (Å²) in [5, 5.41) is 32.2. The first-order valence-electron chi connectivity index (χ1n) is 9.70. The fourth-order valence-electron chi connectivity index (χ4n) is 3.21. The number of hydrogen-bond donors (Lipinski definition) is 6. The molecular formula is C18H30N4O8. The van der Waals surface area contributed by atoms with E-state index in [1.54, 1.807) is 0 Å². The van der Waals surface area contributed by atoms with Crippen LogP contribution in [-0.4, -0.2) is 87.2 Å². The smallest absolute Gasteiger partial charge is 0.326 e. The summed E-state index contributed by atoms with van der Waals surface area (Å²) in [4.78, 5) is 60.6. The number of hydrogen-bond acceptors (Lipinski definition) is 7. The molecule has 0 saturated carbocycles. The van der Waals surface area contributed by atoms with Crippen LogP contribution >= 0.6 is 0 Å².